The van der Waals surface area contributed by atoms with Crippen molar-refractivity contribution in [2.75, 3.05) is 4.72 Å². The molecule has 23 heavy (non-hydrogen) atoms. The van der Waals surface area contributed by atoms with Gasteiger partial charge in [0.1, 0.15) is 0 Å². The maximum absolute atomic E-state index is 12.5. The number of rotatable bonds is 3. The summed E-state index contributed by atoms with van der Waals surface area (Å²) >= 11 is 0. The van der Waals surface area contributed by atoms with Crippen LogP contribution in [0.25, 0.3) is 10.9 Å². The molecule has 1 heterocycles. The first-order valence-corrected chi connectivity index (χ1v) is 8.34. The van der Waals surface area contributed by atoms with E-state index in [1.165, 1.54) is 22.8 Å². The number of sulfonamides is 1. The van der Waals surface area contributed by atoms with E-state index in [-0.39, 0.29) is 10.5 Å². The average molecular weight is 326 g/mol. The Morgan fingerprint density at radius 1 is 1.04 bits per heavy atom. The third kappa shape index (κ3) is 2.85. The van der Waals surface area contributed by atoms with E-state index >= 15 is 0 Å². The standard InChI is InChI=1S/C17H14N2O3S/c1-12-5-3-4-6-15(12)18-23(21,22)14-8-9-16-13(11-14)7-10-17(20)19(16)2/h1,3-11,18H,2H3. The Balaban J connectivity index is 2.07. The molecule has 0 unspecified atom stereocenters. The number of benzene rings is 2. The summed E-state index contributed by atoms with van der Waals surface area (Å²) in [7, 11) is -2.13. The van der Waals surface area contributed by atoms with Crippen LogP contribution in [-0.4, -0.2) is 13.0 Å². The molecule has 0 aliphatic rings. The van der Waals surface area contributed by atoms with E-state index < -0.39 is 10.0 Å². The molecule has 0 spiro atoms. The highest BCUT2D eigenvalue weighted by Crippen LogP contribution is 2.22. The minimum Gasteiger partial charge on any atom is -0.311 e. The minimum absolute atomic E-state index is 0.104. The molecule has 3 rings (SSSR count). The second kappa shape index (κ2) is 5.55. The summed E-state index contributed by atoms with van der Waals surface area (Å²) < 4.78 is 29.0. The predicted octanol–water partition coefficient (Wildman–Crippen LogP) is 2.40. The van der Waals surface area contributed by atoms with Crippen LogP contribution in [-0.2, 0) is 17.1 Å². The van der Waals surface area contributed by atoms with Gasteiger partial charge in [0.15, 0.2) is 0 Å². The van der Waals surface area contributed by atoms with Crippen molar-refractivity contribution in [2.24, 2.45) is 7.05 Å². The minimum atomic E-state index is -3.77. The van der Waals surface area contributed by atoms with Gasteiger partial charge in [0.05, 0.1) is 16.1 Å². The van der Waals surface area contributed by atoms with Gasteiger partial charge in [-0.3, -0.25) is 9.52 Å². The molecule has 116 valence electrons. The number of hydrogen-bond donors (Lipinski definition) is 1. The Morgan fingerprint density at radius 2 is 1.78 bits per heavy atom. The van der Waals surface area contributed by atoms with E-state index in [9.17, 15) is 13.2 Å². The van der Waals surface area contributed by atoms with Gasteiger partial charge in [-0.15, -0.1) is 0 Å². The fourth-order valence-electron chi connectivity index (χ4n) is 2.32. The fraction of sp³-hybridized carbons (Fsp3) is 0.0588. The maximum atomic E-state index is 12.5. The van der Waals surface area contributed by atoms with Gasteiger partial charge in [-0.2, -0.15) is 0 Å². The number of nitrogens with one attached hydrogen (secondary N) is 1. The molecule has 0 bridgehead atoms. The largest absolute Gasteiger partial charge is 0.311 e. The van der Waals surface area contributed by atoms with Gasteiger partial charge in [-0.1, -0.05) is 18.2 Å². The number of hydrogen-bond acceptors (Lipinski definition) is 3. The molecule has 0 saturated carbocycles. The SMILES string of the molecule is [CH]c1ccccc1NS(=O)(=O)c1ccc2c(ccc(=O)n2C)c1. The van der Waals surface area contributed by atoms with Crippen molar-refractivity contribution in [2.45, 2.75) is 4.90 Å². The van der Waals surface area contributed by atoms with Crippen molar-refractivity contribution in [3.8, 4) is 0 Å². The summed E-state index contributed by atoms with van der Waals surface area (Å²) in [6.45, 7) is 5.77. The second-order valence-corrected chi connectivity index (χ2v) is 6.83. The van der Waals surface area contributed by atoms with Crippen LogP contribution in [0, 0.1) is 6.92 Å². The molecule has 6 heteroatoms. The van der Waals surface area contributed by atoms with E-state index in [0.29, 0.717) is 22.2 Å². The molecule has 3 aromatic rings. The molecule has 1 aromatic heterocycles. The number of anilines is 1. The maximum Gasteiger partial charge on any atom is 0.261 e. The summed E-state index contributed by atoms with van der Waals surface area (Å²) in [4.78, 5) is 11.7. The van der Waals surface area contributed by atoms with Gasteiger partial charge >= 0.3 is 0 Å². The summed E-state index contributed by atoms with van der Waals surface area (Å²) in [6.07, 6.45) is 0. The van der Waals surface area contributed by atoms with Crippen LogP contribution < -0.4 is 10.3 Å². The monoisotopic (exact) mass is 326 g/mol. The average Bonchev–Trinajstić information content (AvgIpc) is 2.53. The van der Waals surface area contributed by atoms with Crippen LogP contribution in [0.4, 0.5) is 5.69 Å². The zero-order valence-electron chi connectivity index (χ0n) is 12.4. The molecular formula is C17H14N2O3S. The van der Waals surface area contributed by atoms with Crippen LogP contribution in [0.3, 0.4) is 0 Å². The summed E-state index contributed by atoms with van der Waals surface area (Å²) in [6, 6.07) is 14.2. The lowest BCUT2D eigenvalue weighted by molar-refractivity contribution is 0.601. The van der Waals surface area contributed by atoms with E-state index in [2.05, 4.69) is 4.72 Å². The van der Waals surface area contributed by atoms with E-state index in [1.54, 1.807) is 43.4 Å². The second-order valence-electron chi connectivity index (χ2n) is 5.14. The Morgan fingerprint density at radius 3 is 2.52 bits per heavy atom. The first-order valence-electron chi connectivity index (χ1n) is 6.85. The quantitative estimate of drug-likeness (QED) is 0.803. The van der Waals surface area contributed by atoms with Crippen molar-refractivity contribution < 1.29 is 8.42 Å². The molecule has 2 aromatic carbocycles. The van der Waals surface area contributed by atoms with Gasteiger partial charge < -0.3 is 4.57 Å². The smallest absolute Gasteiger partial charge is 0.261 e. The first-order chi connectivity index (χ1) is 10.9. The van der Waals surface area contributed by atoms with Crippen molar-refractivity contribution >= 4 is 26.6 Å². The molecule has 0 amide bonds. The molecule has 5 nitrogen and oxygen atoms in total. The summed E-state index contributed by atoms with van der Waals surface area (Å²) in [5.74, 6) is 0. The van der Waals surface area contributed by atoms with Crippen LogP contribution in [0.15, 0.2) is 64.3 Å². The van der Waals surface area contributed by atoms with E-state index in [1.807, 2.05) is 0 Å². The zero-order chi connectivity index (χ0) is 16.6. The Hall–Kier alpha value is -2.60. The molecular weight excluding hydrogens is 312 g/mol. The van der Waals surface area contributed by atoms with Gasteiger partial charge in [0.2, 0.25) is 0 Å². The normalized spacial score (nSPS) is 11.6. The van der Waals surface area contributed by atoms with Gasteiger partial charge in [-0.05, 0) is 41.3 Å². The highest BCUT2D eigenvalue weighted by molar-refractivity contribution is 7.92. The molecule has 0 saturated heterocycles. The van der Waals surface area contributed by atoms with Gasteiger partial charge in [-0.25, -0.2) is 8.42 Å². The molecule has 1 N–H and O–H groups in total. The van der Waals surface area contributed by atoms with Crippen molar-refractivity contribution in [1.29, 1.82) is 0 Å². The predicted molar refractivity (Wildman–Crippen MR) is 89.8 cm³/mol. The number of nitrogens with zero attached hydrogens (tertiary/aromatic N) is 1. The number of para-hydroxylation sites is 1. The topological polar surface area (TPSA) is 68.2 Å². The lowest BCUT2D eigenvalue weighted by Crippen LogP contribution is -2.16. The zero-order valence-corrected chi connectivity index (χ0v) is 13.2. The van der Waals surface area contributed by atoms with Gasteiger partial charge in [0.25, 0.3) is 15.6 Å². The molecule has 2 radical (unpaired) electrons. The third-order valence-corrected chi connectivity index (χ3v) is 4.97. The molecule has 0 aliphatic heterocycles. The van der Waals surface area contributed by atoms with Crippen molar-refractivity contribution in [3.63, 3.8) is 0 Å². The van der Waals surface area contributed by atoms with Crippen molar-refractivity contribution in [1.82, 2.24) is 4.57 Å². The number of aromatic nitrogens is 1. The number of fused-ring (bicyclic) bond motifs is 1. The Kier molecular flexibility index (Phi) is 3.69. The van der Waals surface area contributed by atoms with Crippen molar-refractivity contribution in [3.05, 3.63) is 77.4 Å². The van der Waals surface area contributed by atoms with Crippen LogP contribution in [0.2, 0.25) is 0 Å². The van der Waals surface area contributed by atoms with Crippen LogP contribution in [0.1, 0.15) is 5.56 Å². The van der Waals surface area contributed by atoms with E-state index in [0.717, 1.165) is 0 Å². The summed E-state index contributed by atoms with van der Waals surface area (Å²) in [5, 5.41) is 0.663. The third-order valence-electron chi connectivity index (χ3n) is 3.61. The van der Waals surface area contributed by atoms with E-state index in [4.69, 9.17) is 6.92 Å². The lowest BCUT2D eigenvalue weighted by atomic mass is 10.2. The Bertz CT molecular complexity index is 1050. The summed E-state index contributed by atoms with van der Waals surface area (Å²) in [5.41, 5.74) is 1.19. The number of pyridine rings is 1. The highest BCUT2D eigenvalue weighted by Gasteiger charge is 2.16. The fourth-order valence-corrected chi connectivity index (χ4v) is 3.45. The molecule has 0 atom stereocenters. The molecule has 0 aliphatic carbocycles. The molecule has 0 fully saturated rings. The number of aryl methyl sites for hydroxylation is 1. The van der Waals surface area contributed by atoms with Crippen LogP contribution >= 0.6 is 0 Å². The first kappa shape index (κ1) is 15.3. The van der Waals surface area contributed by atoms with Crippen LogP contribution in [0.5, 0.6) is 0 Å². The van der Waals surface area contributed by atoms with Gasteiger partial charge in [0, 0.05) is 20.0 Å². The highest BCUT2D eigenvalue weighted by atomic mass is 32.2. The Labute approximate surface area is 134 Å². The lowest BCUT2D eigenvalue weighted by Gasteiger charge is -2.11.